The molecule has 0 saturated heterocycles. The largest absolute Gasteiger partial charge is 0.446 e. The van der Waals surface area contributed by atoms with Crippen LogP contribution < -0.4 is 11.1 Å². The Morgan fingerprint density at radius 3 is 2.47 bits per heavy atom. The van der Waals surface area contributed by atoms with Crippen molar-refractivity contribution in [2.45, 2.75) is 36.2 Å². The van der Waals surface area contributed by atoms with Crippen molar-refractivity contribution in [1.82, 2.24) is 0 Å². The molecule has 0 bridgehead atoms. The van der Waals surface area contributed by atoms with Crippen LogP contribution in [-0.2, 0) is 4.79 Å². The normalized spacial score (nSPS) is 14.8. The van der Waals surface area contributed by atoms with Crippen molar-refractivity contribution in [2.24, 2.45) is 5.73 Å². The van der Waals surface area contributed by atoms with Crippen LogP contribution >= 0.6 is 11.8 Å². The summed E-state index contributed by atoms with van der Waals surface area (Å²) in [5.74, 6) is -0.509. The number of nitrogens with one attached hydrogen (secondary N) is 1. The molecule has 1 amide bonds. The molecule has 0 aliphatic carbocycles. The second-order valence-corrected chi connectivity index (χ2v) is 5.38. The molecule has 0 aliphatic rings. The number of amides is 1. The van der Waals surface area contributed by atoms with E-state index in [-0.39, 0.29) is 22.3 Å². The Balaban J connectivity index is 2.93. The summed E-state index contributed by atoms with van der Waals surface area (Å²) in [6, 6.07) is 5.74. The van der Waals surface area contributed by atoms with E-state index in [0.29, 0.717) is 6.42 Å². The third kappa shape index (κ3) is 4.76. The quantitative estimate of drug-likeness (QED) is 0.837. The van der Waals surface area contributed by atoms with Crippen LogP contribution in [0, 0.1) is 0 Å². The monoisotopic (exact) mass is 292 g/mol. The van der Waals surface area contributed by atoms with Crippen LogP contribution in [0.5, 0.6) is 0 Å². The lowest BCUT2D eigenvalue weighted by atomic mass is 9.99. The first-order valence-corrected chi connectivity index (χ1v) is 6.42. The Bertz CT molecular complexity index is 461. The highest BCUT2D eigenvalue weighted by atomic mass is 32.2. The van der Waals surface area contributed by atoms with E-state index in [1.807, 2.05) is 0 Å². The van der Waals surface area contributed by atoms with E-state index in [9.17, 15) is 18.0 Å². The summed E-state index contributed by atoms with van der Waals surface area (Å²) >= 11 is -0.268. The SMILES string of the molecule is CCC(C)(N)C(=O)Nc1ccccc1SC(F)(F)F. The fraction of sp³-hybridized carbons (Fsp3) is 0.417. The fourth-order valence-corrected chi connectivity index (χ4v) is 1.83. The number of carbonyl (C=O) groups excluding carboxylic acids is 1. The third-order valence-corrected chi connectivity index (χ3v) is 3.42. The molecule has 19 heavy (non-hydrogen) atoms. The first-order valence-electron chi connectivity index (χ1n) is 5.61. The fourth-order valence-electron chi connectivity index (χ4n) is 1.21. The number of hydrogen-bond acceptors (Lipinski definition) is 3. The van der Waals surface area contributed by atoms with Crippen LogP contribution in [0.25, 0.3) is 0 Å². The van der Waals surface area contributed by atoms with Crippen molar-refractivity contribution < 1.29 is 18.0 Å². The first kappa shape index (κ1) is 15.8. The highest BCUT2D eigenvalue weighted by Gasteiger charge is 2.31. The molecule has 7 heteroatoms. The second kappa shape index (κ2) is 5.83. The highest BCUT2D eigenvalue weighted by molar-refractivity contribution is 8.00. The van der Waals surface area contributed by atoms with Gasteiger partial charge in [0.05, 0.1) is 11.2 Å². The smallest absolute Gasteiger partial charge is 0.323 e. The summed E-state index contributed by atoms with van der Waals surface area (Å²) in [4.78, 5) is 11.8. The summed E-state index contributed by atoms with van der Waals surface area (Å²) in [5, 5.41) is 2.44. The molecular weight excluding hydrogens is 277 g/mol. The van der Waals surface area contributed by atoms with Gasteiger partial charge >= 0.3 is 5.51 Å². The molecule has 1 aromatic rings. The van der Waals surface area contributed by atoms with E-state index < -0.39 is 17.0 Å². The van der Waals surface area contributed by atoms with Crippen molar-refractivity contribution in [3.05, 3.63) is 24.3 Å². The number of carbonyl (C=O) groups is 1. The zero-order chi connectivity index (χ0) is 14.7. The number of para-hydroxylation sites is 1. The van der Waals surface area contributed by atoms with Gasteiger partial charge in [0, 0.05) is 4.90 Å². The van der Waals surface area contributed by atoms with Crippen molar-refractivity contribution in [3.8, 4) is 0 Å². The molecule has 0 fully saturated rings. The zero-order valence-electron chi connectivity index (χ0n) is 10.5. The zero-order valence-corrected chi connectivity index (χ0v) is 11.4. The van der Waals surface area contributed by atoms with Gasteiger partial charge < -0.3 is 11.1 Å². The van der Waals surface area contributed by atoms with Gasteiger partial charge in [0.15, 0.2) is 0 Å². The van der Waals surface area contributed by atoms with Gasteiger partial charge in [0.1, 0.15) is 0 Å². The summed E-state index contributed by atoms with van der Waals surface area (Å²) in [7, 11) is 0. The summed E-state index contributed by atoms with van der Waals surface area (Å²) in [6.45, 7) is 3.26. The van der Waals surface area contributed by atoms with E-state index in [1.54, 1.807) is 13.0 Å². The predicted octanol–water partition coefficient (Wildman–Crippen LogP) is 3.36. The number of hydrogen-bond donors (Lipinski definition) is 2. The Labute approximate surface area is 113 Å². The number of rotatable bonds is 4. The van der Waals surface area contributed by atoms with E-state index in [2.05, 4.69) is 5.32 Å². The van der Waals surface area contributed by atoms with E-state index >= 15 is 0 Å². The molecule has 0 heterocycles. The maximum absolute atomic E-state index is 12.4. The van der Waals surface area contributed by atoms with Crippen molar-refractivity contribution >= 4 is 23.4 Å². The van der Waals surface area contributed by atoms with Crippen LogP contribution in [0.3, 0.4) is 0 Å². The molecule has 1 aromatic carbocycles. The maximum Gasteiger partial charge on any atom is 0.446 e. The van der Waals surface area contributed by atoms with Crippen LogP contribution in [0.2, 0.25) is 0 Å². The Morgan fingerprint density at radius 1 is 1.37 bits per heavy atom. The number of anilines is 1. The second-order valence-electron chi connectivity index (χ2n) is 4.27. The molecule has 3 nitrogen and oxygen atoms in total. The minimum absolute atomic E-state index is 0.0600. The number of alkyl halides is 3. The third-order valence-electron chi connectivity index (χ3n) is 2.61. The first-order chi connectivity index (χ1) is 8.65. The van der Waals surface area contributed by atoms with E-state index in [1.165, 1.54) is 25.1 Å². The Kier molecular flexibility index (Phi) is 4.86. The number of nitrogens with two attached hydrogens (primary N) is 1. The lowest BCUT2D eigenvalue weighted by molar-refractivity contribution is -0.120. The van der Waals surface area contributed by atoms with Gasteiger partial charge in [-0.15, -0.1) is 0 Å². The Hall–Kier alpha value is -1.21. The average Bonchev–Trinajstić information content (AvgIpc) is 2.29. The topological polar surface area (TPSA) is 55.1 Å². The van der Waals surface area contributed by atoms with Crippen molar-refractivity contribution in [1.29, 1.82) is 0 Å². The van der Waals surface area contributed by atoms with E-state index in [4.69, 9.17) is 5.73 Å². The molecule has 3 N–H and O–H groups in total. The van der Waals surface area contributed by atoms with Gasteiger partial charge in [0.25, 0.3) is 0 Å². The molecule has 0 saturated carbocycles. The average molecular weight is 292 g/mol. The van der Waals surface area contributed by atoms with Crippen molar-refractivity contribution in [2.75, 3.05) is 5.32 Å². The minimum Gasteiger partial charge on any atom is -0.323 e. The predicted molar refractivity (Wildman–Crippen MR) is 69.9 cm³/mol. The van der Waals surface area contributed by atoms with Gasteiger partial charge in [0.2, 0.25) is 5.91 Å². The highest BCUT2D eigenvalue weighted by Crippen LogP contribution is 2.40. The minimum atomic E-state index is -4.41. The van der Waals surface area contributed by atoms with Gasteiger partial charge in [-0.3, -0.25) is 4.79 Å². The van der Waals surface area contributed by atoms with Crippen LogP contribution in [0.4, 0.5) is 18.9 Å². The summed E-state index contributed by atoms with van der Waals surface area (Å²) in [5.41, 5.74) is 0.334. The van der Waals surface area contributed by atoms with Crippen molar-refractivity contribution in [3.63, 3.8) is 0 Å². The number of thioether (sulfide) groups is 1. The molecule has 1 rings (SSSR count). The van der Waals surface area contributed by atoms with Gasteiger partial charge in [-0.05, 0) is 37.2 Å². The molecule has 0 aliphatic heterocycles. The maximum atomic E-state index is 12.4. The van der Waals surface area contributed by atoms with Crippen LogP contribution in [-0.4, -0.2) is 17.0 Å². The van der Waals surface area contributed by atoms with Crippen LogP contribution in [0.15, 0.2) is 29.2 Å². The lowest BCUT2D eigenvalue weighted by Gasteiger charge is -2.22. The molecule has 0 radical (unpaired) electrons. The Morgan fingerprint density at radius 2 is 1.95 bits per heavy atom. The standard InChI is InChI=1S/C12H15F3N2OS/c1-3-11(2,16)10(18)17-8-6-4-5-7-9(8)19-12(13,14)15/h4-7H,3,16H2,1-2H3,(H,17,18). The molecule has 0 aromatic heterocycles. The molecular formula is C12H15F3N2OS. The number of benzene rings is 1. The van der Waals surface area contributed by atoms with E-state index in [0.717, 1.165) is 0 Å². The van der Waals surface area contributed by atoms with Gasteiger partial charge in [-0.2, -0.15) is 13.2 Å². The molecule has 1 unspecified atom stereocenters. The molecule has 0 spiro atoms. The summed E-state index contributed by atoms with van der Waals surface area (Å²) < 4.78 is 37.2. The molecule has 106 valence electrons. The lowest BCUT2D eigenvalue weighted by Crippen LogP contribution is -2.47. The summed E-state index contributed by atoms with van der Waals surface area (Å²) in [6.07, 6.45) is 0.382. The number of halogens is 3. The molecule has 1 atom stereocenters. The van der Waals surface area contributed by atoms with Crippen LogP contribution in [0.1, 0.15) is 20.3 Å². The van der Waals surface area contributed by atoms with Gasteiger partial charge in [-0.25, -0.2) is 0 Å². The van der Waals surface area contributed by atoms with Gasteiger partial charge in [-0.1, -0.05) is 19.1 Å².